The summed E-state index contributed by atoms with van der Waals surface area (Å²) in [6.45, 7) is 0. The van der Waals surface area contributed by atoms with Crippen molar-refractivity contribution in [3.63, 3.8) is 0 Å². The van der Waals surface area contributed by atoms with Crippen LogP contribution >= 0.6 is 23.1 Å². The molecule has 0 aromatic carbocycles. The number of hydrogen-bond donors (Lipinski definition) is 1. The van der Waals surface area contributed by atoms with E-state index in [1.165, 1.54) is 11.5 Å². The fourth-order valence-corrected chi connectivity index (χ4v) is 1.40. The summed E-state index contributed by atoms with van der Waals surface area (Å²) in [7, 11) is 0. The molecule has 13 heavy (non-hydrogen) atoms. The van der Waals surface area contributed by atoms with Crippen molar-refractivity contribution in [2.24, 2.45) is 0 Å². The minimum atomic E-state index is 0.445. The Balaban J connectivity index is 2.19. The first-order valence-corrected chi connectivity index (χ1v) is 4.71. The molecule has 0 amide bonds. The number of nitrogens with one attached hydrogen (secondary N) is 1. The average Bonchev–Trinajstić information content (AvgIpc) is 2.57. The Hall–Kier alpha value is -1.20. The first kappa shape index (κ1) is 8.40. The molecule has 0 bridgehead atoms. The van der Waals surface area contributed by atoms with Gasteiger partial charge in [-0.05, 0) is 23.7 Å². The van der Waals surface area contributed by atoms with Gasteiger partial charge in [0.25, 0.3) is 0 Å². The lowest BCUT2D eigenvalue weighted by atomic mass is 10.4. The lowest BCUT2D eigenvalue weighted by Crippen LogP contribution is -1.91. The standard InChI is InChI=1S/C7H5ClN4S/c8-6-3-5(1-2-9-6)11-7-10-4-13-12-7/h1-4H,(H,9,11,12). The molecular weight excluding hydrogens is 208 g/mol. The lowest BCUT2D eigenvalue weighted by molar-refractivity contribution is 1.28. The van der Waals surface area contributed by atoms with Crippen LogP contribution < -0.4 is 5.32 Å². The highest BCUT2D eigenvalue weighted by Gasteiger charge is 1.97. The summed E-state index contributed by atoms with van der Waals surface area (Å²) in [5.41, 5.74) is 2.49. The third kappa shape index (κ3) is 2.13. The number of nitrogens with zero attached hydrogens (tertiary/aromatic N) is 3. The van der Waals surface area contributed by atoms with E-state index in [4.69, 9.17) is 11.6 Å². The predicted molar refractivity (Wildman–Crippen MR) is 52.4 cm³/mol. The lowest BCUT2D eigenvalue weighted by Gasteiger charge is -2.00. The number of aromatic nitrogens is 3. The molecule has 0 radical (unpaired) electrons. The minimum absolute atomic E-state index is 0.445. The van der Waals surface area contributed by atoms with Gasteiger partial charge in [0.05, 0.1) is 0 Å². The van der Waals surface area contributed by atoms with E-state index < -0.39 is 0 Å². The fraction of sp³-hybridized carbons (Fsp3) is 0. The van der Waals surface area contributed by atoms with Crippen molar-refractivity contribution in [3.8, 4) is 0 Å². The number of anilines is 2. The molecule has 0 saturated heterocycles. The summed E-state index contributed by atoms with van der Waals surface area (Å²) in [5.74, 6) is 0.576. The van der Waals surface area contributed by atoms with Crippen LogP contribution in [0, 0.1) is 0 Å². The van der Waals surface area contributed by atoms with Crippen molar-refractivity contribution in [1.82, 2.24) is 14.3 Å². The molecular formula is C7H5ClN4S. The van der Waals surface area contributed by atoms with E-state index in [2.05, 4.69) is 19.7 Å². The van der Waals surface area contributed by atoms with E-state index in [0.29, 0.717) is 11.1 Å². The Morgan fingerprint density at radius 2 is 2.31 bits per heavy atom. The Bertz CT molecular complexity index is 389. The Morgan fingerprint density at radius 3 is 3.00 bits per heavy atom. The first-order chi connectivity index (χ1) is 6.34. The molecule has 2 heterocycles. The molecule has 0 aliphatic heterocycles. The molecule has 0 saturated carbocycles. The largest absolute Gasteiger partial charge is 0.323 e. The van der Waals surface area contributed by atoms with Crippen LogP contribution in [0.2, 0.25) is 5.15 Å². The Kier molecular flexibility index (Phi) is 2.37. The van der Waals surface area contributed by atoms with Gasteiger partial charge in [-0.2, -0.15) is 4.37 Å². The van der Waals surface area contributed by atoms with E-state index >= 15 is 0 Å². The SMILES string of the molecule is Clc1cc(Nc2ncsn2)ccn1. The maximum Gasteiger partial charge on any atom is 0.238 e. The van der Waals surface area contributed by atoms with Crippen molar-refractivity contribution in [2.75, 3.05) is 5.32 Å². The zero-order valence-electron chi connectivity index (χ0n) is 6.44. The van der Waals surface area contributed by atoms with E-state index in [0.717, 1.165) is 5.69 Å². The molecule has 0 fully saturated rings. The van der Waals surface area contributed by atoms with Gasteiger partial charge in [-0.1, -0.05) is 11.6 Å². The van der Waals surface area contributed by atoms with Gasteiger partial charge in [0.1, 0.15) is 10.7 Å². The molecule has 2 aromatic heterocycles. The van der Waals surface area contributed by atoms with Crippen molar-refractivity contribution < 1.29 is 0 Å². The van der Waals surface area contributed by atoms with E-state index in [-0.39, 0.29) is 0 Å². The van der Waals surface area contributed by atoms with E-state index in [1.54, 1.807) is 23.8 Å². The normalized spacial score (nSPS) is 9.92. The summed E-state index contributed by atoms with van der Waals surface area (Å²) in [5, 5.41) is 3.43. The van der Waals surface area contributed by atoms with Gasteiger partial charge in [0.15, 0.2) is 0 Å². The van der Waals surface area contributed by atoms with Crippen molar-refractivity contribution in [1.29, 1.82) is 0 Å². The maximum absolute atomic E-state index is 5.70. The molecule has 2 aromatic rings. The van der Waals surface area contributed by atoms with Gasteiger partial charge in [-0.25, -0.2) is 9.97 Å². The summed E-state index contributed by atoms with van der Waals surface area (Å²) < 4.78 is 4.00. The highest BCUT2D eigenvalue weighted by molar-refractivity contribution is 7.03. The average molecular weight is 213 g/mol. The Morgan fingerprint density at radius 1 is 1.38 bits per heavy atom. The van der Waals surface area contributed by atoms with Gasteiger partial charge >= 0.3 is 0 Å². The van der Waals surface area contributed by atoms with Crippen molar-refractivity contribution in [2.45, 2.75) is 0 Å². The first-order valence-electron chi connectivity index (χ1n) is 3.49. The summed E-state index contributed by atoms with van der Waals surface area (Å²) >= 11 is 6.99. The molecule has 0 unspecified atom stereocenters. The molecule has 2 rings (SSSR count). The quantitative estimate of drug-likeness (QED) is 0.777. The number of rotatable bonds is 2. The molecule has 0 atom stereocenters. The fourth-order valence-electron chi connectivity index (χ4n) is 0.835. The smallest absolute Gasteiger partial charge is 0.238 e. The molecule has 1 N–H and O–H groups in total. The minimum Gasteiger partial charge on any atom is -0.323 e. The molecule has 0 aliphatic carbocycles. The number of pyridine rings is 1. The third-order valence-electron chi connectivity index (χ3n) is 1.34. The van der Waals surface area contributed by atoms with Gasteiger partial charge in [0, 0.05) is 11.9 Å². The monoisotopic (exact) mass is 212 g/mol. The van der Waals surface area contributed by atoms with Crippen molar-refractivity contribution >= 4 is 34.8 Å². The molecule has 0 spiro atoms. The van der Waals surface area contributed by atoms with E-state index in [1.807, 2.05) is 0 Å². The maximum atomic E-state index is 5.70. The van der Waals surface area contributed by atoms with Gasteiger partial charge < -0.3 is 5.32 Å². The van der Waals surface area contributed by atoms with Crippen LogP contribution in [0.5, 0.6) is 0 Å². The zero-order chi connectivity index (χ0) is 9.10. The summed E-state index contributed by atoms with van der Waals surface area (Å²) in [4.78, 5) is 7.83. The highest BCUT2D eigenvalue weighted by Crippen LogP contribution is 2.15. The van der Waals surface area contributed by atoms with Crippen LogP contribution in [0.25, 0.3) is 0 Å². The van der Waals surface area contributed by atoms with Gasteiger partial charge in [0.2, 0.25) is 5.95 Å². The second kappa shape index (κ2) is 3.68. The zero-order valence-corrected chi connectivity index (χ0v) is 8.01. The van der Waals surface area contributed by atoms with Crippen LogP contribution in [-0.4, -0.2) is 14.3 Å². The number of halogens is 1. The number of hydrogen-bond acceptors (Lipinski definition) is 5. The van der Waals surface area contributed by atoms with Crippen molar-refractivity contribution in [3.05, 3.63) is 29.0 Å². The molecule has 4 nitrogen and oxygen atoms in total. The predicted octanol–water partition coefficient (Wildman–Crippen LogP) is 2.33. The van der Waals surface area contributed by atoms with Crippen LogP contribution in [0.1, 0.15) is 0 Å². The second-order valence-corrected chi connectivity index (χ2v) is 3.24. The van der Waals surface area contributed by atoms with Gasteiger partial charge in [-0.3, -0.25) is 0 Å². The highest BCUT2D eigenvalue weighted by atomic mass is 35.5. The Labute approximate surface area is 83.8 Å². The third-order valence-corrected chi connectivity index (χ3v) is 2.03. The summed E-state index contributed by atoms with van der Waals surface area (Å²) in [6.07, 6.45) is 1.62. The molecule has 0 aliphatic rings. The van der Waals surface area contributed by atoms with Crippen LogP contribution in [0.15, 0.2) is 23.8 Å². The summed E-state index contributed by atoms with van der Waals surface area (Å²) in [6, 6.07) is 3.51. The second-order valence-electron chi connectivity index (χ2n) is 2.25. The van der Waals surface area contributed by atoms with E-state index in [9.17, 15) is 0 Å². The van der Waals surface area contributed by atoms with Crippen LogP contribution in [-0.2, 0) is 0 Å². The van der Waals surface area contributed by atoms with Gasteiger partial charge in [-0.15, -0.1) is 0 Å². The molecule has 6 heteroatoms. The molecule has 66 valence electrons. The topological polar surface area (TPSA) is 50.7 Å². The van der Waals surface area contributed by atoms with Crippen LogP contribution in [0.3, 0.4) is 0 Å². The van der Waals surface area contributed by atoms with Crippen LogP contribution in [0.4, 0.5) is 11.6 Å².